The summed E-state index contributed by atoms with van der Waals surface area (Å²) in [6.07, 6.45) is 5.45. The summed E-state index contributed by atoms with van der Waals surface area (Å²) >= 11 is 0. The molecular weight excluding hydrogens is 122 g/mol. The second kappa shape index (κ2) is 2.91. The lowest BCUT2D eigenvalue weighted by Crippen LogP contribution is -2.31. The summed E-state index contributed by atoms with van der Waals surface area (Å²) in [5.74, 6) is 0. The molecule has 0 saturated carbocycles. The SMILES string of the molecule is C=C1C=CCCN1C(C)C. The van der Waals surface area contributed by atoms with Crippen molar-refractivity contribution in [2.75, 3.05) is 6.54 Å². The van der Waals surface area contributed by atoms with Gasteiger partial charge in [0.05, 0.1) is 0 Å². The minimum absolute atomic E-state index is 0.595. The third-order valence-electron chi connectivity index (χ3n) is 1.84. The molecule has 0 spiro atoms. The van der Waals surface area contributed by atoms with Crippen LogP contribution in [0.25, 0.3) is 0 Å². The summed E-state index contributed by atoms with van der Waals surface area (Å²) < 4.78 is 0. The molecule has 0 N–H and O–H groups in total. The van der Waals surface area contributed by atoms with Crippen LogP contribution < -0.4 is 0 Å². The van der Waals surface area contributed by atoms with E-state index in [1.807, 2.05) is 0 Å². The van der Waals surface area contributed by atoms with Gasteiger partial charge in [-0.1, -0.05) is 12.7 Å². The predicted molar refractivity (Wildman–Crippen MR) is 44.7 cm³/mol. The van der Waals surface area contributed by atoms with Gasteiger partial charge < -0.3 is 4.90 Å². The van der Waals surface area contributed by atoms with Crippen molar-refractivity contribution in [1.82, 2.24) is 4.90 Å². The molecule has 0 aromatic rings. The Balaban J connectivity index is 2.61. The maximum absolute atomic E-state index is 3.96. The molecule has 0 aliphatic carbocycles. The minimum atomic E-state index is 0.595. The summed E-state index contributed by atoms with van der Waals surface area (Å²) in [5.41, 5.74) is 1.15. The highest BCUT2D eigenvalue weighted by Crippen LogP contribution is 2.14. The van der Waals surface area contributed by atoms with Gasteiger partial charge in [-0.2, -0.15) is 0 Å². The average Bonchev–Trinajstić information content (AvgIpc) is 1.88. The van der Waals surface area contributed by atoms with Crippen molar-refractivity contribution in [1.29, 1.82) is 0 Å². The van der Waals surface area contributed by atoms with Gasteiger partial charge in [0.25, 0.3) is 0 Å². The molecule has 1 rings (SSSR count). The lowest BCUT2D eigenvalue weighted by Gasteiger charge is -2.31. The van der Waals surface area contributed by atoms with E-state index in [2.05, 4.69) is 37.5 Å². The van der Waals surface area contributed by atoms with Crippen molar-refractivity contribution < 1.29 is 0 Å². The van der Waals surface area contributed by atoms with Gasteiger partial charge >= 0.3 is 0 Å². The Morgan fingerprint density at radius 1 is 1.60 bits per heavy atom. The van der Waals surface area contributed by atoms with Gasteiger partial charge in [0.2, 0.25) is 0 Å². The topological polar surface area (TPSA) is 3.24 Å². The first-order chi connectivity index (χ1) is 4.72. The third-order valence-corrected chi connectivity index (χ3v) is 1.84. The Hall–Kier alpha value is -0.720. The number of allylic oxidation sites excluding steroid dienone is 1. The molecule has 0 atom stereocenters. The van der Waals surface area contributed by atoms with Crippen molar-refractivity contribution in [3.63, 3.8) is 0 Å². The molecule has 56 valence electrons. The van der Waals surface area contributed by atoms with E-state index in [0.717, 1.165) is 18.7 Å². The van der Waals surface area contributed by atoms with Gasteiger partial charge in [-0.3, -0.25) is 0 Å². The van der Waals surface area contributed by atoms with Crippen LogP contribution in [0.2, 0.25) is 0 Å². The Labute approximate surface area is 63.0 Å². The van der Waals surface area contributed by atoms with E-state index in [4.69, 9.17) is 0 Å². The fraction of sp³-hybridized carbons (Fsp3) is 0.556. The Morgan fingerprint density at radius 2 is 2.30 bits per heavy atom. The van der Waals surface area contributed by atoms with Gasteiger partial charge in [0, 0.05) is 18.3 Å². The Morgan fingerprint density at radius 3 is 2.70 bits per heavy atom. The standard InChI is InChI=1S/C9H15N/c1-8(2)10-7-5-4-6-9(10)3/h4,6,8H,3,5,7H2,1-2H3. The normalized spacial score (nSPS) is 18.7. The monoisotopic (exact) mass is 137 g/mol. The van der Waals surface area contributed by atoms with E-state index >= 15 is 0 Å². The Bertz CT molecular complexity index is 156. The molecule has 0 aromatic carbocycles. The third kappa shape index (κ3) is 1.41. The largest absolute Gasteiger partial charge is 0.369 e. The molecule has 1 heteroatoms. The van der Waals surface area contributed by atoms with Crippen LogP contribution in [-0.4, -0.2) is 17.5 Å². The summed E-state index contributed by atoms with van der Waals surface area (Å²) in [6.45, 7) is 9.49. The van der Waals surface area contributed by atoms with Crippen LogP contribution in [0.3, 0.4) is 0 Å². The van der Waals surface area contributed by atoms with Crippen LogP contribution in [0.4, 0.5) is 0 Å². The quantitative estimate of drug-likeness (QED) is 0.535. The van der Waals surface area contributed by atoms with E-state index in [1.165, 1.54) is 0 Å². The molecule has 0 fully saturated rings. The highest BCUT2D eigenvalue weighted by molar-refractivity contribution is 5.17. The average molecular weight is 137 g/mol. The lowest BCUT2D eigenvalue weighted by molar-refractivity contribution is 0.292. The second-order valence-corrected chi connectivity index (χ2v) is 2.97. The molecule has 0 amide bonds. The first-order valence-electron chi connectivity index (χ1n) is 3.84. The van der Waals surface area contributed by atoms with Gasteiger partial charge in [-0.15, -0.1) is 0 Å². The van der Waals surface area contributed by atoms with Gasteiger partial charge in [-0.25, -0.2) is 0 Å². The van der Waals surface area contributed by atoms with Gasteiger partial charge in [0.1, 0.15) is 0 Å². The zero-order chi connectivity index (χ0) is 7.56. The molecular formula is C9H15N. The summed E-state index contributed by atoms with van der Waals surface area (Å²) in [4.78, 5) is 2.32. The molecule has 10 heavy (non-hydrogen) atoms. The number of nitrogens with zero attached hydrogens (tertiary/aromatic N) is 1. The zero-order valence-electron chi connectivity index (χ0n) is 6.80. The lowest BCUT2D eigenvalue weighted by atomic mass is 10.2. The first-order valence-corrected chi connectivity index (χ1v) is 3.84. The molecule has 0 aromatic heterocycles. The van der Waals surface area contributed by atoms with Gasteiger partial charge in [0.15, 0.2) is 0 Å². The first kappa shape index (κ1) is 7.39. The van der Waals surface area contributed by atoms with Crippen LogP contribution in [0.5, 0.6) is 0 Å². The van der Waals surface area contributed by atoms with E-state index in [-0.39, 0.29) is 0 Å². The predicted octanol–water partition coefficient (Wildman–Crippen LogP) is 2.17. The highest BCUT2D eigenvalue weighted by Gasteiger charge is 2.10. The zero-order valence-corrected chi connectivity index (χ0v) is 6.80. The smallest absolute Gasteiger partial charge is 0.0292 e. The molecule has 1 heterocycles. The number of hydrogen-bond donors (Lipinski definition) is 0. The molecule has 0 unspecified atom stereocenters. The fourth-order valence-corrected chi connectivity index (χ4v) is 1.26. The van der Waals surface area contributed by atoms with Crippen molar-refractivity contribution in [3.8, 4) is 0 Å². The van der Waals surface area contributed by atoms with E-state index in [0.29, 0.717) is 6.04 Å². The van der Waals surface area contributed by atoms with Crippen LogP contribution in [0.15, 0.2) is 24.4 Å². The van der Waals surface area contributed by atoms with Crippen LogP contribution >= 0.6 is 0 Å². The van der Waals surface area contributed by atoms with Crippen LogP contribution in [0.1, 0.15) is 20.3 Å². The number of rotatable bonds is 1. The Kier molecular flexibility index (Phi) is 2.15. The maximum atomic E-state index is 3.96. The van der Waals surface area contributed by atoms with Crippen molar-refractivity contribution in [2.45, 2.75) is 26.3 Å². The molecule has 1 aliphatic rings. The van der Waals surface area contributed by atoms with E-state index in [1.54, 1.807) is 0 Å². The van der Waals surface area contributed by atoms with Gasteiger partial charge in [-0.05, 0) is 26.3 Å². The van der Waals surface area contributed by atoms with E-state index in [9.17, 15) is 0 Å². The van der Waals surface area contributed by atoms with Crippen LogP contribution in [0, 0.1) is 0 Å². The fourth-order valence-electron chi connectivity index (χ4n) is 1.26. The second-order valence-electron chi connectivity index (χ2n) is 2.97. The van der Waals surface area contributed by atoms with E-state index < -0.39 is 0 Å². The number of hydrogen-bond acceptors (Lipinski definition) is 1. The highest BCUT2D eigenvalue weighted by atomic mass is 15.2. The van der Waals surface area contributed by atoms with Crippen molar-refractivity contribution in [2.24, 2.45) is 0 Å². The molecule has 1 aliphatic heterocycles. The summed E-state index contributed by atoms with van der Waals surface area (Å²) in [5, 5.41) is 0. The van der Waals surface area contributed by atoms with Crippen molar-refractivity contribution >= 4 is 0 Å². The van der Waals surface area contributed by atoms with Crippen molar-refractivity contribution in [3.05, 3.63) is 24.4 Å². The molecule has 1 nitrogen and oxygen atoms in total. The molecule has 0 bridgehead atoms. The summed E-state index contributed by atoms with van der Waals surface area (Å²) in [7, 11) is 0. The maximum Gasteiger partial charge on any atom is 0.0292 e. The molecule has 0 radical (unpaired) electrons. The summed E-state index contributed by atoms with van der Waals surface area (Å²) in [6, 6.07) is 0.595. The molecule has 0 saturated heterocycles. The van der Waals surface area contributed by atoms with Crippen LogP contribution in [-0.2, 0) is 0 Å². The minimum Gasteiger partial charge on any atom is -0.369 e.